The summed E-state index contributed by atoms with van der Waals surface area (Å²) in [5, 5.41) is 20.2. The topological polar surface area (TPSA) is 58.9 Å². The predicted octanol–water partition coefficient (Wildman–Crippen LogP) is 2.16. The van der Waals surface area contributed by atoms with Crippen LogP contribution < -0.4 is 9.47 Å². The Balaban J connectivity index is 3.52. The van der Waals surface area contributed by atoms with Crippen LogP contribution in [-0.4, -0.2) is 24.4 Å². The summed E-state index contributed by atoms with van der Waals surface area (Å²) < 4.78 is 10.6. The first-order chi connectivity index (χ1) is 8.11. The van der Waals surface area contributed by atoms with E-state index in [4.69, 9.17) is 9.47 Å². The molecule has 0 aliphatic heterocycles. The molecule has 0 unspecified atom stereocenters. The van der Waals surface area contributed by atoms with Gasteiger partial charge in [-0.25, -0.2) is 0 Å². The van der Waals surface area contributed by atoms with Crippen molar-refractivity contribution in [1.29, 1.82) is 0 Å². The summed E-state index contributed by atoms with van der Waals surface area (Å²) in [5.74, 6) is 1.06. The minimum atomic E-state index is -1.04. The van der Waals surface area contributed by atoms with Crippen molar-refractivity contribution in [2.24, 2.45) is 0 Å². The fraction of sp³-hybridized carbons (Fsp3) is 0.571. The maximum Gasteiger partial charge on any atom is 0.125 e. The van der Waals surface area contributed by atoms with Gasteiger partial charge in [0.2, 0.25) is 0 Å². The maximum absolute atomic E-state index is 10.1. The number of hydrogen-bond donors (Lipinski definition) is 2. The second-order valence-corrected chi connectivity index (χ2v) is 5.37. The molecular formula is C14H22O4. The molecule has 0 heterocycles. The second kappa shape index (κ2) is 4.78. The SMILES string of the molecule is COc1cc(C(C)(C)O)c(OC)cc1C(C)(C)O. The molecule has 0 atom stereocenters. The standard InChI is InChI=1S/C14H22O4/c1-13(2,15)9-7-12(18-6)10(14(3,4)16)8-11(9)17-5/h7-8,15-16H,1-6H3. The van der Waals surface area contributed by atoms with Gasteiger partial charge in [0.25, 0.3) is 0 Å². The van der Waals surface area contributed by atoms with E-state index in [1.54, 1.807) is 39.8 Å². The van der Waals surface area contributed by atoms with Gasteiger partial charge in [-0.05, 0) is 39.8 Å². The molecule has 0 fully saturated rings. The van der Waals surface area contributed by atoms with Crippen molar-refractivity contribution in [3.63, 3.8) is 0 Å². The van der Waals surface area contributed by atoms with E-state index < -0.39 is 11.2 Å². The summed E-state index contributed by atoms with van der Waals surface area (Å²) in [5.41, 5.74) is -0.849. The largest absolute Gasteiger partial charge is 0.496 e. The number of hydrogen-bond acceptors (Lipinski definition) is 4. The molecule has 0 aliphatic carbocycles. The number of rotatable bonds is 4. The highest BCUT2D eigenvalue weighted by molar-refractivity contribution is 5.50. The lowest BCUT2D eigenvalue weighted by atomic mass is 9.90. The molecule has 0 amide bonds. The lowest BCUT2D eigenvalue weighted by molar-refractivity contribution is 0.0695. The lowest BCUT2D eigenvalue weighted by Gasteiger charge is -2.26. The van der Waals surface area contributed by atoms with Crippen molar-refractivity contribution in [2.75, 3.05) is 14.2 Å². The van der Waals surface area contributed by atoms with Crippen molar-refractivity contribution < 1.29 is 19.7 Å². The Kier molecular flexibility index (Phi) is 3.93. The smallest absolute Gasteiger partial charge is 0.125 e. The summed E-state index contributed by atoms with van der Waals surface area (Å²) in [7, 11) is 3.07. The molecule has 102 valence electrons. The summed E-state index contributed by atoms with van der Waals surface area (Å²) in [4.78, 5) is 0. The van der Waals surface area contributed by atoms with Crippen molar-refractivity contribution in [2.45, 2.75) is 38.9 Å². The van der Waals surface area contributed by atoms with Gasteiger partial charge in [-0.1, -0.05) is 0 Å². The van der Waals surface area contributed by atoms with Crippen LogP contribution in [0.2, 0.25) is 0 Å². The average molecular weight is 254 g/mol. The molecule has 0 saturated carbocycles. The third-order valence-corrected chi connectivity index (χ3v) is 2.84. The quantitative estimate of drug-likeness (QED) is 0.864. The van der Waals surface area contributed by atoms with E-state index in [9.17, 15) is 10.2 Å². The molecule has 1 aromatic carbocycles. The van der Waals surface area contributed by atoms with Crippen LogP contribution in [-0.2, 0) is 11.2 Å². The first-order valence-corrected chi connectivity index (χ1v) is 5.83. The molecule has 0 saturated heterocycles. The molecule has 0 radical (unpaired) electrons. The maximum atomic E-state index is 10.1. The predicted molar refractivity (Wildman–Crippen MR) is 70.0 cm³/mol. The Labute approximate surface area is 108 Å². The highest BCUT2D eigenvalue weighted by Crippen LogP contribution is 2.39. The summed E-state index contributed by atoms with van der Waals surface area (Å²) in [6.45, 7) is 6.70. The third kappa shape index (κ3) is 2.94. The van der Waals surface area contributed by atoms with Crippen LogP contribution in [0.25, 0.3) is 0 Å². The highest BCUT2D eigenvalue weighted by atomic mass is 16.5. The Hall–Kier alpha value is -1.26. The van der Waals surface area contributed by atoms with E-state index in [0.29, 0.717) is 22.6 Å². The molecule has 4 heteroatoms. The van der Waals surface area contributed by atoms with Crippen molar-refractivity contribution >= 4 is 0 Å². The monoisotopic (exact) mass is 254 g/mol. The number of benzene rings is 1. The molecule has 1 aromatic rings. The second-order valence-electron chi connectivity index (χ2n) is 5.37. The van der Waals surface area contributed by atoms with Crippen LogP contribution in [0.4, 0.5) is 0 Å². The zero-order chi connectivity index (χ0) is 14.1. The minimum Gasteiger partial charge on any atom is -0.496 e. The molecule has 18 heavy (non-hydrogen) atoms. The Morgan fingerprint density at radius 3 is 1.22 bits per heavy atom. The lowest BCUT2D eigenvalue weighted by Crippen LogP contribution is -2.21. The van der Waals surface area contributed by atoms with Gasteiger partial charge in [0.1, 0.15) is 11.5 Å². The van der Waals surface area contributed by atoms with Gasteiger partial charge in [0.15, 0.2) is 0 Å². The van der Waals surface area contributed by atoms with Gasteiger partial charge in [-0.15, -0.1) is 0 Å². The highest BCUT2D eigenvalue weighted by Gasteiger charge is 2.28. The molecule has 0 bridgehead atoms. The number of ether oxygens (including phenoxy) is 2. The minimum absolute atomic E-state index is 0.528. The van der Waals surface area contributed by atoms with Crippen molar-refractivity contribution in [3.05, 3.63) is 23.3 Å². The molecule has 1 rings (SSSR count). The van der Waals surface area contributed by atoms with Crippen LogP contribution in [0.3, 0.4) is 0 Å². The first-order valence-electron chi connectivity index (χ1n) is 5.83. The van der Waals surface area contributed by atoms with E-state index in [1.165, 1.54) is 14.2 Å². The van der Waals surface area contributed by atoms with E-state index in [0.717, 1.165) is 0 Å². The van der Waals surface area contributed by atoms with Gasteiger partial charge in [0, 0.05) is 11.1 Å². The number of methoxy groups -OCH3 is 2. The van der Waals surface area contributed by atoms with E-state index >= 15 is 0 Å². The van der Waals surface area contributed by atoms with E-state index in [1.807, 2.05) is 0 Å². The Bertz CT molecular complexity index is 383. The van der Waals surface area contributed by atoms with Crippen LogP contribution in [0.5, 0.6) is 11.5 Å². The molecule has 0 spiro atoms. The fourth-order valence-electron chi connectivity index (χ4n) is 1.85. The molecular weight excluding hydrogens is 232 g/mol. The molecule has 4 nitrogen and oxygen atoms in total. The third-order valence-electron chi connectivity index (χ3n) is 2.84. The van der Waals surface area contributed by atoms with Crippen LogP contribution in [0.15, 0.2) is 12.1 Å². The zero-order valence-electron chi connectivity index (χ0n) is 11.9. The summed E-state index contributed by atoms with van der Waals surface area (Å²) in [6.07, 6.45) is 0. The van der Waals surface area contributed by atoms with E-state index in [2.05, 4.69) is 0 Å². The summed E-state index contributed by atoms with van der Waals surface area (Å²) in [6, 6.07) is 3.40. The molecule has 0 aliphatic rings. The van der Waals surface area contributed by atoms with Gasteiger partial charge >= 0.3 is 0 Å². The van der Waals surface area contributed by atoms with Gasteiger partial charge in [0.05, 0.1) is 25.4 Å². The Morgan fingerprint density at radius 2 is 1.06 bits per heavy atom. The average Bonchev–Trinajstić information content (AvgIpc) is 2.24. The van der Waals surface area contributed by atoms with E-state index in [-0.39, 0.29) is 0 Å². The fourth-order valence-corrected chi connectivity index (χ4v) is 1.85. The first kappa shape index (κ1) is 14.8. The van der Waals surface area contributed by atoms with Crippen molar-refractivity contribution in [1.82, 2.24) is 0 Å². The van der Waals surface area contributed by atoms with Crippen molar-refractivity contribution in [3.8, 4) is 11.5 Å². The number of aliphatic hydroxyl groups is 2. The molecule has 2 N–H and O–H groups in total. The van der Waals surface area contributed by atoms with Gasteiger partial charge in [-0.3, -0.25) is 0 Å². The van der Waals surface area contributed by atoms with Gasteiger partial charge in [-0.2, -0.15) is 0 Å². The zero-order valence-corrected chi connectivity index (χ0v) is 11.9. The Morgan fingerprint density at radius 1 is 0.778 bits per heavy atom. The van der Waals surface area contributed by atoms with Crippen LogP contribution in [0, 0.1) is 0 Å². The van der Waals surface area contributed by atoms with Crippen LogP contribution in [0.1, 0.15) is 38.8 Å². The normalized spacial score (nSPS) is 12.4. The molecule has 0 aromatic heterocycles. The van der Waals surface area contributed by atoms with Gasteiger partial charge < -0.3 is 19.7 Å². The summed E-state index contributed by atoms with van der Waals surface area (Å²) >= 11 is 0. The van der Waals surface area contributed by atoms with Crippen LogP contribution >= 0.6 is 0 Å².